The Bertz CT molecular complexity index is 744. The molecule has 0 atom stereocenters. The summed E-state index contributed by atoms with van der Waals surface area (Å²) in [5, 5.41) is 9.24. The molecule has 2 aromatic rings. The fourth-order valence-corrected chi connectivity index (χ4v) is 2.44. The van der Waals surface area contributed by atoms with Gasteiger partial charge in [0.05, 0.1) is 6.42 Å². The Kier molecular flexibility index (Phi) is 7.61. The molecule has 6 heteroatoms. The number of hydrogen-bond donors (Lipinski definition) is 3. The fourth-order valence-electron chi connectivity index (χ4n) is 2.44. The zero-order valence-electron chi connectivity index (χ0n) is 15.2. The van der Waals surface area contributed by atoms with Crippen molar-refractivity contribution in [3.8, 4) is 0 Å². The topological polar surface area (TPSA) is 65.5 Å². The highest BCUT2D eigenvalue weighted by Gasteiger charge is 2.04. The molecule has 2 aromatic carbocycles. The number of aliphatic imine (C=N–C) groups is 1. The molecule has 0 fully saturated rings. The molecule has 26 heavy (non-hydrogen) atoms. The van der Waals surface area contributed by atoms with Crippen LogP contribution in [0.2, 0.25) is 0 Å². The van der Waals surface area contributed by atoms with E-state index >= 15 is 0 Å². The number of carbonyl (C=O) groups excluding carboxylic acids is 1. The lowest BCUT2D eigenvalue weighted by atomic mass is 10.1. The Morgan fingerprint density at radius 1 is 1.00 bits per heavy atom. The third-order valence-corrected chi connectivity index (χ3v) is 3.95. The highest BCUT2D eigenvalue weighted by molar-refractivity contribution is 5.80. The Morgan fingerprint density at radius 3 is 2.38 bits per heavy atom. The lowest BCUT2D eigenvalue weighted by Crippen LogP contribution is -2.41. The molecule has 0 aliphatic carbocycles. The average molecular weight is 356 g/mol. The molecular weight excluding hydrogens is 331 g/mol. The first-order chi connectivity index (χ1) is 12.6. The average Bonchev–Trinajstić information content (AvgIpc) is 2.64. The molecule has 0 radical (unpaired) electrons. The number of hydrogen-bond acceptors (Lipinski definition) is 2. The van der Waals surface area contributed by atoms with E-state index in [1.165, 1.54) is 23.3 Å². The SMILES string of the molecule is CN=C(NCCNC(=O)Cc1ccc(F)cc1)NCc1ccccc1C. The number of guanidine groups is 1. The van der Waals surface area contributed by atoms with Gasteiger partial charge in [-0.15, -0.1) is 0 Å². The molecule has 0 saturated heterocycles. The van der Waals surface area contributed by atoms with Gasteiger partial charge in [-0.3, -0.25) is 9.79 Å². The molecule has 0 aliphatic heterocycles. The van der Waals surface area contributed by atoms with Crippen molar-refractivity contribution in [2.75, 3.05) is 20.1 Å². The molecule has 0 aromatic heterocycles. The number of rotatable bonds is 7. The van der Waals surface area contributed by atoms with Crippen LogP contribution in [-0.4, -0.2) is 32.0 Å². The van der Waals surface area contributed by atoms with E-state index < -0.39 is 0 Å². The van der Waals surface area contributed by atoms with Crippen molar-refractivity contribution in [3.63, 3.8) is 0 Å². The van der Waals surface area contributed by atoms with Crippen LogP contribution in [0.4, 0.5) is 4.39 Å². The Labute approximate surface area is 153 Å². The molecule has 0 bridgehead atoms. The van der Waals surface area contributed by atoms with Gasteiger partial charge >= 0.3 is 0 Å². The minimum atomic E-state index is -0.303. The summed E-state index contributed by atoms with van der Waals surface area (Å²) in [5.41, 5.74) is 3.22. The first-order valence-corrected chi connectivity index (χ1v) is 8.58. The number of aryl methyl sites for hydroxylation is 1. The summed E-state index contributed by atoms with van der Waals surface area (Å²) in [4.78, 5) is 16.1. The van der Waals surface area contributed by atoms with Crippen LogP contribution >= 0.6 is 0 Å². The predicted octanol–water partition coefficient (Wildman–Crippen LogP) is 2.16. The standard InChI is InChI=1S/C20H25FN4O/c1-15-5-3-4-6-17(15)14-25-20(22-2)24-12-11-23-19(26)13-16-7-9-18(21)10-8-16/h3-10H,11-14H2,1-2H3,(H,23,26)(H2,22,24,25). The van der Waals surface area contributed by atoms with E-state index in [-0.39, 0.29) is 18.1 Å². The van der Waals surface area contributed by atoms with E-state index in [1.54, 1.807) is 19.2 Å². The molecule has 138 valence electrons. The number of benzene rings is 2. The molecule has 0 aliphatic rings. The summed E-state index contributed by atoms with van der Waals surface area (Å²) in [7, 11) is 1.71. The van der Waals surface area contributed by atoms with E-state index in [1.807, 2.05) is 12.1 Å². The summed E-state index contributed by atoms with van der Waals surface area (Å²) in [6, 6.07) is 14.1. The van der Waals surface area contributed by atoms with E-state index in [9.17, 15) is 9.18 Å². The number of nitrogens with one attached hydrogen (secondary N) is 3. The minimum absolute atomic E-state index is 0.0961. The van der Waals surface area contributed by atoms with Crippen LogP contribution in [0.1, 0.15) is 16.7 Å². The molecule has 0 saturated carbocycles. The van der Waals surface area contributed by atoms with Crippen molar-refractivity contribution in [2.24, 2.45) is 4.99 Å². The summed E-state index contributed by atoms with van der Waals surface area (Å²) in [5.74, 6) is 0.283. The fraction of sp³-hybridized carbons (Fsp3) is 0.300. The van der Waals surface area contributed by atoms with Crippen LogP contribution in [0.15, 0.2) is 53.5 Å². The van der Waals surface area contributed by atoms with Crippen LogP contribution in [0.3, 0.4) is 0 Å². The summed E-state index contributed by atoms with van der Waals surface area (Å²) in [6.07, 6.45) is 0.237. The molecule has 3 N–H and O–H groups in total. The van der Waals surface area contributed by atoms with Gasteiger partial charge in [0, 0.05) is 26.7 Å². The first-order valence-electron chi connectivity index (χ1n) is 8.58. The smallest absolute Gasteiger partial charge is 0.224 e. The van der Waals surface area contributed by atoms with Crippen molar-refractivity contribution >= 4 is 11.9 Å². The monoisotopic (exact) mass is 356 g/mol. The van der Waals surface area contributed by atoms with Crippen molar-refractivity contribution < 1.29 is 9.18 Å². The van der Waals surface area contributed by atoms with Gasteiger partial charge in [0.25, 0.3) is 0 Å². The molecule has 5 nitrogen and oxygen atoms in total. The third kappa shape index (κ3) is 6.55. The zero-order chi connectivity index (χ0) is 18.8. The van der Waals surface area contributed by atoms with Gasteiger partial charge in [0.15, 0.2) is 5.96 Å². The highest BCUT2D eigenvalue weighted by atomic mass is 19.1. The van der Waals surface area contributed by atoms with Crippen molar-refractivity contribution in [1.82, 2.24) is 16.0 Å². The largest absolute Gasteiger partial charge is 0.355 e. The van der Waals surface area contributed by atoms with Gasteiger partial charge in [-0.25, -0.2) is 4.39 Å². The van der Waals surface area contributed by atoms with Crippen LogP contribution in [0, 0.1) is 12.7 Å². The Hall–Kier alpha value is -2.89. The molecule has 0 unspecified atom stereocenters. The van der Waals surface area contributed by atoms with E-state index in [2.05, 4.69) is 40.0 Å². The molecular formula is C20H25FN4O. The third-order valence-electron chi connectivity index (χ3n) is 3.95. The van der Waals surface area contributed by atoms with Gasteiger partial charge in [-0.2, -0.15) is 0 Å². The second-order valence-electron chi connectivity index (χ2n) is 5.93. The minimum Gasteiger partial charge on any atom is -0.355 e. The van der Waals surface area contributed by atoms with Crippen LogP contribution in [0.25, 0.3) is 0 Å². The summed E-state index contributed by atoms with van der Waals surface area (Å²) >= 11 is 0. The summed E-state index contributed by atoms with van der Waals surface area (Å²) < 4.78 is 12.8. The van der Waals surface area contributed by atoms with Gasteiger partial charge in [-0.1, -0.05) is 36.4 Å². The number of halogens is 1. The van der Waals surface area contributed by atoms with E-state index in [4.69, 9.17) is 0 Å². The maximum atomic E-state index is 12.8. The van der Waals surface area contributed by atoms with Crippen LogP contribution in [-0.2, 0) is 17.8 Å². The van der Waals surface area contributed by atoms with Gasteiger partial charge in [0.1, 0.15) is 5.82 Å². The first kappa shape index (κ1) is 19.4. The van der Waals surface area contributed by atoms with E-state index in [0.29, 0.717) is 25.6 Å². The molecule has 2 rings (SSSR count). The van der Waals surface area contributed by atoms with Crippen LogP contribution < -0.4 is 16.0 Å². The van der Waals surface area contributed by atoms with Gasteiger partial charge in [0.2, 0.25) is 5.91 Å². The molecule has 0 spiro atoms. The lowest BCUT2D eigenvalue weighted by molar-refractivity contribution is -0.120. The van der Waals surface area contributed by atoms with Crippen molar-refractivity contribution in [2.45, 2.75) is 19.9 Å². The zero-order valence-corrected chi connectivity index (χ0v) is 15.2. The molecule has 0 heterocycles. The Morgan fingerprint density at radius 2 is 1.69 bits per heavy atom. The lowest BCUT2D eigenvalue weighted by Gasteiger charge is -2.13. The second kappa shape index (κ2) is 10.2. The summed E-state index contributed by atoms with van der Waals surface area (Å²) in [6.45, 7) is 3.79. The van der Waals surface area contributed by atoms with Crippen LogP contribution in [0.5, 0.6) is 0 Å². The maximum Gasteiger partial charge on any atom is 0.224 e. The molecule has 1 amide bonds. The van der Waals surface area contributed by atoms with Crippen molar-refractivity contribution in [3.05, 3.63) is 71.0 Å². The maximum absolute atomic E-state index is 12.8. The van der Waals surface area contributed by atoms with Gasteiger partial charge < -0.3 is 16.0 Å². The quantitative estimate of drug-likeness (QED) is 0.405. The Balaban J connectivity index is 1.66. The van der Waals surface area contributed by atoms with E-state index in [0.717, 1.165) is 5.56 Å². The highest BCUT2D eigenvalue weighted by Crippen LogP contribution is 2.06. The predicted molar refractivity (Wildman–Crippen MR) is 102 cm³/mol. The number of carbonyl (C=O) groups is 1. The number of amides is 1. The number of nitrogens with zero attached hydrogens (tertiary/aromatic N) is 1. The van der Waals surface area contributed by atoms with Crippen molar-refractivity contribution in [1.29, 1.82) is 0 Å². The second-order valence-corrected chi connectivity index (χ2v) is 5.93. The normalized spacial score (nSPS) is 11.1. The van der Waals surface area contributed by atoms with Gasteiger partial charge in [-0.05, 0) is 35.7 Å².